The monoisotopic (exact) mass is 244 g/mol. The average Bonchev–Trinajstić information content (AvgIpc) is 2.92. The summed E-state index contributed by atoms with van der Waals surface area (Å²) in [5.74, 6) is -2.01. The number of thiazole rings is 1. The predicted molar refractivity (Wildman–Crippen MR) is 59.0 cm³/mol. The van der Waals surface area contributed by atoms with Gasteiger partial charge in [-0.05, 0) is 12.8 Å². The van der Waals surface area contributed by atoms with E-state index in [1.807, 2.05) is 0 Å². The van der Waals surface area contributed by atoms with Crippen LogP contribution in [0, 0.1) is 0 Å². The van der Waals surface area contributed by atoms with Crippen LogP contribution in [0.2, 0.25) is 0 Å². The van der Waals surface area contributed by atoms with Crippen LogP contribution in [-0.4, -0.2) is 17.5 Å². The van der Waals surface area contributed by atoms with Crippen LogP contribution in [-0.2, 0) is 5.41 Å². The molecule has 2 aliphatic rings. The van der Waals surface area contributed by atoms with Gasteiger partial charge in [-0.3, -0.25) is 0 Å². The van der Waals surface area contributed by atoms with E-state index >= 15 is 0 Å². The molecule has 0 aromatic carbocycles. The fourth-order valence-corrected chi connectivity index (χ4v) is 3.72. The van der Waals surface area contributed by atoms with Crippen molar-refractivity contribution in [3.8, 4) is 0 Å². The first-order chi connectivity index (χ1) is 7.56. The first-order valence-electron chi connectivity index (χ1n) is 5.58. The molecule has 88 valence electrons. The zero-order valence-corrected chi connectivity index (χ0v) is 9.70. The number of hydrogen-bond acceptors (Lipinski definition) is 3. The normalized spacial score (nSPS) is 26.4. The van der Waals surface area contributed by atoms with Gasteiger partial charge >= 0.3 is 0 Å². The molecule has 2 N–H and O–H groups in total. The van der Waals surface area contributed by atoms with E-state index in [9.17, 15) is 8.78 Å². The lowest BCUT2D eigenvalue weighted by molar-refractivity contribution is -0.123. The summed E-state index contributed by atoms with van der Waals surface area (Å²) in [5.41, 5.74) is 8.05. The third-order valence-corrected chi connectivity index (χ3v) is 4.71. The minimum atomic E-state index is -2.52. The lowest BCUT2D eigenvalue weighted by Gasteiger charge is -2.46. The van der Waals surface area contributed by atoms with Crippen molar-refractivity contribution in [3.05, 3.63) is 16.1 Å². The maximum Gasteiger partial charge on any atom is 0.250 e. The van der Waals surface area contributed by atoms with E-state index in [-0.39, 0.29) is 12.8 Å². The van der Waals surface area contributed by atoms with Crippen LogP contribution in [0.1, 0.15) is 42.2 Å². The van der Waals surface area contributed by atoms with Crippen LogP contribution >= 0.6 is 11.3 Å². The van der Waals surface area contributed by atoms with Gasteiger partial charge in [-0.2, -0.15) is 0 Å². The lowest BCUT2D eigenvalue weighted by atomic mass is 9.64. The first-order valence-corrected chi connectivity index (χ1v) is 6.46. The molecule has 0 unspecified atom stereocenters. The summed E-state index contributed by atoms with van der Waals surface area (Å²) in [5, 5.41) is 0. The fraction of sp³-hybridized carbons (Fsp3) is 0.727. The summed E-state index contributed by atoms with van der Waals surface area (Å²) in [6.45, 7) is 0.310. The number of aromatic nitrogens is 1. The van der Waals surface area contributed by atoms with Crippen molar-refractivity contribution in [1.82, 2.24) is 4.98 Å². The standard InChI is InChI=1S/C11H14F2N2S/c12-11(13)3-10(4-11,5-14)9-8(7-1-2-7)15-6-16-9/h6-7H,1-5,14H2. The van der Waals surface area contributed by atoms with Gasteiger partial charge in [-0.1, -0.05) is 0 Å². The van der Waals surface area contributed by atoms with Crippen molar-refractivity contribution in [1.29, 1.82) is 0 Å². The Bertz CT molecular complexity index is 404. The molecule has 3 rings (SSSR count). The van der Waals surface area contributed by atoms with Gasteiger partial charge in [0.1, 0.15) is 0 Å². The Morgan fingerprint density at radius 3 is 2.62 bits per heavy atom. The molecule has 0 atom stereocenters. The van der Waals surface area contributed by atoms with Gasteiger partial charge in [-0.15, -0.1) is 11.3 Å². The van der Waals surface area contributed by atoms with Gasteiger partial charge in [0.25, 0.3) is 0 Å². The Morgan fingerprint density at radius 2 is 2.12 bits per heavy atom. The van der Waals surface area contributed by atoms with E-state index in [1.165, 1.54) is 11.3 Å². The molecule has 0 aliphatic heterocycles. The Balaban J connectivity index is 1.92. The van der Waals surface area contributed by atoms with E-state index in [1.54, 1.807) is 5.51 Å². The van der Waals surface area contributed by atoms with Gasteiger partial charge in [0, 0.05) is 35.6 Å². The molecular weight excluding hydrogens is 230 g/mol. The molecular formula is C11H14F2N2S. The zero-order chi connectivity index (χ0) is 11.4. The number of nitrogens with zero attached hydrogens (tertiary/aromatic N) is 1. The molecule has 16 heavy (non-hydrogen) atoms. The quantitative estimate of drug-likeness (QED) is 0.887. The van der Waals surface area contributed by atoms with Gasteiger partial charge < -0.3 is 5.73 Å². The Kier molecular flexibility index (Phi) is 2.14. The van der Waals surface area contributed by atoms with E-state index in [0.29, 0.717) is 12.5 Å². The second-order valence-electron chi connectivity index (χ2n) is 5.03. The molecule has 1 aromatic heterocycles. The van der Waals surface area contributed by atoms with E-state index in [0.717, 1.165) is 23.4 Å². The third-order valence-electron chi connectivity index (χ3n) is 3.63. The van der Waals surface area contributed by atoms with E-state index in [4.69, 9.17) is 5.73 Å². The van der Waals surface area contributed by atoms with Gasteiger partial charge in [0.15, 0.2) is 0 Å². The highest BCUT2D eigenvalue weighted by Crippen LogP contribution is 2.56. The molecule has 0 spiro atoms. The number of hydrogen-bond donors (Lipinski definition) is 1. The number of halogens is 2. The maximum atomic E-state index is 13.1. The second-order valence-corrected chi connectivity index (χ2v) is 5.89. The molecule has 0 radical (unpaired) electrons. The van der Waals surface area contributed by atoms with Crippen LogP contribution in [0.25, 0.3) is 0 Å². The highest BCUT2D eigenvalue weighted by Gasteiger charge is 2.58. The van der Waals surface area contributed by atoms with Gasteiger partial charge in [0.05, 0.1) is 11.2 Å². The summed E-state index contributed by atoms with van der Waals surface area (Å²) in [6.07, 6.45) is 2.10. The van der Waals surface area contributed by atoms with Crippen molar-refractivity contribution < 1.29 is 8.78 Å². The number of alkyl halides is 2. The number of rotatable bonds is 3. The second kappa shape index (κ2) is 3.23. The SMILES string of the molecule is NCC1(c2scnc2C2CC2)CC(F)(F)C1. The zero-order valence-electron chi connectivity index (χ0n) is 8.88. The molecule has 2 fully saturated rings. The first kappa shape index (κ1) is 10.6. The van der Waals surface area contributed by atoms with Crippen LogP contribution in [0.3, 0.4) is 0 Å². The molecule has 0 saturated heterocycles. The average molecular weight is 244 g/mol. The molecule has 2 nitrogen and oxygen atoms in total. The summed E-state index contributed by atoms with van der Waals surface area (Å²) in [6, 6.07) is 0. The van der Waals surface area contributed by atoms with Crippen molar-refractivity contribution in [2.24, 2.45) is 5.73 Å². The molecule has 2 saturated carbocycles. The minimum absolute atomic E-state index is 0.0988. The van der Waals surface area contributed by atoms with Crippen molar-refractivity contribution >= 4 is 11.3 Å². The highest BCUT2D eigenvalue weighted by molar-refractivity contribution is 7.10. The molecule has 0 amide bonds. The van der Waals surface area contributed by atoms with Crippen LogP contribution < -0.4 is 5.73 Å². The Labute approximate surface area is 96.9 Å². The molecule has 1 aromatic rings. The molecule has 1 heterocycles. The van der Waals surface area contributed by atoms with Gasteiger partial charge in [-0.25, -0.2) is 13.8 Å². The lowest BCUT2D eigenvalue weighted by Crippen LogP contribution is -2.53. The molecule has 0 bridgehead atoms. The smallest absolute Gasteiger partial charge is 0.250 e. The maximum absolute atomic E-state index is 13.1. The molecule has 5 heteroatoms. The largest absolute Gasteiger partial charge is 0.330 e. The predicted octanol–water partition coefficient (Wildman–Crippen LogP) is 2.65. The summed E-state index contributed by atoms with van der Waals surface area (Å²) in [7, 11) is 0. The highest BCUT2D eigenvalue weighted by atomic mass is 32.1. The Morgan fingerprint density at radius 1 is 1.44 bits per heavy atom. The Hall–Kier alpha value is -0.550. The minimum Gasteiger partial charge on any atom is -0.330 e. The summed E-state index contributed by atoms with van der Waals surface area (Å²) in [4.78, 5) is 5.37. The van der Waals surface area contributed by atoms with Crippen molar-refractivity contribution in [2.75, 3.05) is 6.54 Å². The molecule has 2 aliphatic carbocycles. The third kappa shape index (κ3) is 1.49. The van der Waals surface area contributed by atoms with Gasteiger partial charge in [0.2, 0.25) is 5.92 Å². The van der Waals surface area contributed by atoms with E-state index in [2.05, 4.69) is 4.98 Å². The van der Waals surface area contributed by atoms with Crippen molar-refractivity contribution in [3.63, 3.8) is 0 Å². The fourth-order valence-electron chi connectivity index (χ4n) is 2.64. The van der Waals surface area contributed by atoms with Crippen LogP contribution in [0.4, 0.5) is 8.78 Å². The van der Waals surface area contributed by atoms with E-state index < -0.39 is 11.3 Å². The van der Waals surface area contributed by atoms with Crippen molar-refractivity contribution in [2.45, 2.75) is 42.9 Å². The summed E-state index contributed by atoms with van der Waals surface area (Å²) < 4.78 is 26.2. The van der Waals surface area contributed by atoms with Crippen LogP contribution in [0.15, 0.2) is 5.51 Å². The number of nitrogens with two attached hydrogens (primary N) is 1. The topological polar surface area (TPSA) is 38.9 Å². The summed E-state index contributed by atoms with van der Waals surface area (Å²) >= 11 is 1.50. The van der Waals surface area contributed by atoms with Crippen LogP contribution in [0.5, 0.6) is 0 Å².